The molecule has 1 heterocycles. The topological polar surface area (TPSA) is 70.2 Å². The van der Waals surface area contributed by atoms with Crippen molar-refractivity contribution >= 4 is 17.4 Å². The molecule has 1 amide bonds. The van der Waals surface area contributed by atoms with Gasteiger partial charge in [0.15, 0.2) is 5.69 Å². The summed E-state index contributed by atoms with van der Waals surface area (Å²) in [7, 11) is 3.80. The van der Waals surface area contributed by atoms with E-state index in [1.54, 1.807) is 30.3 Å². The Morgan fingerprint density at radius 1 is 1.04 bits per heavy atom. The van der Waals surface area contributed by atoms with Crippen LogP contribution >= 0.6 is 0 Å². The predicted molar refractivity (Wildman–Crippen MR) is 108 cm³/mol. The average Bonchev–Trinajstić information content (AvgIpc) is 2.69. The van der Waals surface area contributed by atoms with Crippen LogP contribution in [0.1, 0.15) is 21.6 Å². The van der Waals surface area contributed by atoms with E-state index in [1.807, 2.05) is 43.3 Å². The number of carbonyl (C=O) groups is 1. The third-order valence-corrected chi connectivity index (χ3v) is 4.01. The van der Waals surface area contributed by atoms with Crippen LogP contribution in [0.5, 0.6) is 0 Å². The Morgan fingerprint density at radius 2 is 1.82 bits per heavy atom. The molecule has 28 heavy (non-hydrogen) atoms. The van der Waals surface area contributed by atoms with E-state index in [1.165, 1.54) is 6.07 Å². The van der Waals surface area contributed by atoms with Crippen LogP contribution in [0.25, 0.3) is 0 Å². The number of nitrogens with zero attached hydrogens (tertiary/aromatic N) is 3. The number of anilines is 2. The largest absolute Gasteiger partial charge is 0.365 e. The number of carbonyl (C=O) groups excluding carboxylic acids is 1. The molecule has 0 bridgehead atoms. The molecule has 3 rings (SSSR count). The fraction of sp³-hybridized carbons (Fsp3) is 0.190. The number of hydrogen-bond donors (Lipinski definition) is 2. The summed E-state index contributed by atoms with van der Waals surface area (Å²) < 4.78 is 14.1. The molecule has 0 atom stereocenters. The van der Waals surface area contributed by atoms with E-state index in [4.69, 9.17) is 0 Å². The second kappa shape index (κ2) is 9.05. The third kappa shape index (κ3) is 5.34. The van der Waals surface area contributed by atoms with Gasteiger partial charge in [-0.2, -0.15) is 0 Å². The van der Waals surface area contributed by atoms with Crippen LogP contribution in [0.4, 0.5) is 15.9 Å². The molecule has 144 valence electrons. The first kappa shape index (κ1) is 19.4. The number of rotatable bonds is 7. The Balaban J connectivity index is 1.57. The second-order valence-electron chi connectivity index (χ2n) is 6.64. The molecule has 2 N–H and O–H groups in total. The highest BCUT2D eigenvalue weighted by molar-refractivity contribution is 6.02. The van der Waals surface area contributed by atoms with Gasteiger partial charge in [-0.15, -0.1) is 10.2 Å². The van der Waals surface area contributed by atoms with Crippen LogP contribution < -0.4 is 10.6 Å². The van der Waals surface area contributed by atoms with Gasteiger partial charge in [0, 0.05) is 24.3 Å². The molecular formula is C21H22FN5O. The zero-order valence-corrected chi connectivity index (χ0v) is 15.8. The molecule has 0 saturated heterocycles. The average molecular weight is 379 g/mol. The standard InChI is InChI=1S/C21H22FN5O/c1-27(2)14-16-9-8-15(12-18(16)22)13-23-20-11-10-19(25-26-20)21(28)24-17-6-4-3-5-7-17/h3-12H,13-14H2,1-2H3,(H,23,26)(H,24,28). The smallest absolute Gasteiger partial charge is 0.276 e. The Morgan fingerprint density at radius 3 is 2.46 bits per heavy atom. The summed E-state index contributed by atoms with van der Waals surface area (Å²) in [4.78, 5) is 14.1. The van der Waals surface area contributed by atoms with Gasteiger partial charge >= 0.3 is 0 Å². The van der Waals surface area contributed by atoms with E-state index < -0.39 is 0 Å². The van der Waals surface area contributed by atoms with E-state index >= 15 is 0 Å². The molecule has 0 fully saturated rings. The molecule has 0 aliphatic rings. The minimum Gasteiger partial charge on any atom is -0.365 e. The summed E-state index contributed by atoms with van der Waals surface area (Å²) in [6.07, 6.45) is 0. The van der Waals surface area contributed by atoms with Crippen molar-refractivity contribution in [2.75, 3.05) is 24.7 Å². The summed E-state index contributed by atoms with van der Waals surface area (Å²) in [5, 5.41) is 13.8. The molecule has 0 spiro atoms. The number of aromatic nitrogens is 2. The maximum atomic E-state index is 14.1. The second-order valence-corrected chi connectivity index (χ2v) is 6.64. The summed E-state index contributed by atoms with van der Waals surface area (Å²) in [6, 6.07) is 17.6. The highest BCUT2D eigenvalue weighted by atomic mass is 19.1. The number of para-hydroxylation sites is 1. The fourth-order valence-corrected chi connectivity index (χ4v) is 2.63. The van der Waals surface area contributed by atoms with Crippen molar-refractivity contribution in [1.29, 1.82) is 0 Å². The first-order chi connectivity index (χ1) is 13.5. The summed E-state index contributed by atoms with van der Waals surface area (Å²) in [5.41, 5.74) is 2.36. The monoisotopic (exact) mass is 379 g/mol. The number of hydrogen-bond acceptors (Lipinski definition) is 5. The molecular weight excluding hydrogens is 357 g/mol. The molecule has 7 heteroatoms. The molecule has 3 aromatic rings. The normalized spacial score (nSPS) is 10.7. The quantitative estimate of drug-likeness (QED) is 0.657. The van der Waals surface area contributed by atoms with Gasteiger partial charge in [0.25, 0.3) is 5.91 Å². The maximum absolute atomic E-state index is 14.1. The SMILES string of the molecule is CN(C)Cc1ccc(CNc2ccc(C(=O)Nc3ccccc3)nn2)cc1F. The van der Waals surface area contributed by atoms with Crippen LogP contribution in [0, 0.1) is 5.82 Å². The lowest BCUT2D eigenvalue weighted by Gasteiger charge is -2.12. The first-order valence-corrected chi connectivity index (χ1v) is 8.87. The van der Waals surface area contributed by atoms with Crippen molar-refractivity contribution in [2.45, 2.75) is 13.1 Å². The number of amides is 1. The van der Waals surface area contributed by atoms with Crippen LogP contribution in [0.15, 0.2) is 60.7 Å². The van der Waals surface area contributed by atoms with Gasteiger partial charge in [0.2, 0.25) is 0 Å². The summed E-state index contributed by atoms with van der Waals surface area (Å²) in [6.45, 7) is 0.959. The van der Waals surface area contributed by atoms with Crippen molar-refractivity contribution in [3.63, 3.8) is 0 Å². The Hall–Kier alpha value is -3.32. The fourth-order valence-electron chi connectivity index (χ4n) is 2.63. The zero-order chi connectivity index (χ0) is 19.9. The third-order valence-electron chi connectivity index (χ3n) is 4.01. The Bertz CT molecular complexity index is 929. The van der Waals surface area contributed by atoms with E-state index in [9.17, 15) is 9.18 Å². The van der Waals surface area contributed by atoms with Gasteiger partial charge in [0.05, 0.1) is 0 Å². The van der Waals surface area contributed by atoms with Gasteiger partial charge < -0.3 is 15.5 Å². The molecule has 6 nitrogen and oxygen atoms in total. The van der Waals surface area contributed by atoms with Gasteiger partial charge in [-0.3, -0.25) is 4.79 Å². The molecule has 0 radical (unpaired) electrons. The van der Waals surface area contributed by atoms with Gasteiger partial charge in [-0.05, 0) is 50.0 Å². The lowest BCUT2D eigenvalue weighted by Crippen LogP contribution is -2.15. The van der Waals surface area contributed by atoms with Crippen molar-refractivity contribution in [3.05, 3.63) is 83.3 Å². The highest BCUT2D eigenvalue weighted by Crippen LogP contribution is 2.14. The summed E-state index contributed by atoms with van der Waals surface area (Å²) in [5.74, 6) is -0.0511. The van der Waals surface area contributed by atoms with Crippen LogP contribution in [-0.4, -0.2) is 35.1 Å². The molecule has 0 unspecified atom stereocenters. The lowest BCUT2D eigenvalue weighted by atomic mass is 10.1. The van der Waals surface area contributed by atoms with E-state index in [2.05, 4.69) is 20.8 Å². The first-order valence-electron chi connectivity index (χ1n) is 8.87. The number of benzene rings is 2. The summed E-state index contributed by atoms with van der Waals surface area (Å²) >= 11 is 0. The molecule has 0 saturated carbocycles. The Labute approximate surface area is 163 Å². The molecule has 1 aromatic heterocycles. The lowest BCUT2D eigenvalue weighted by molar-refractivity contribution is 0.102. The highest BCUT2D eigenvalue weighted by Gasteiger charge is 2.09. The van der Waals surface area contributed by atoms with Crippen LogP contribution in [0.2, 0.25) is 0 Å². The van der Waals surface area contributed by atoms with Gasteiger partial charge in [-0.25, -0.2) is 4.39 Å². The maximum Gasteiger partial charge on any atom is 0.276 e. The van der Waals surface area contributed by atoms with Crippen LogP contribution in [0.3, 0.4) is 0 Å². The van der Waals surface area contributed by atoms with Crippen molar-refractivity contribution in [3.8, 4) is 0 Å². The number of nitrogens with one attached hydrogen (secondary N) is 2. The predicted octanol–water partition coefficient (Wildman–Crippen LogP) is 3.54. The van der Waals surface area contributed by atoms with Gasteiger partial charge in [-0.1, -0.05) is 30.3 Å². The van der Waals surface area contributed by atoms with Gasteiger partial charge in [0.1, 0.15) is 11.6 Å². The molecule has 2 aromatic carbocycles. The minimum atomic E-state index is -0.330. The molecule has 0 aliphatic carbocycles. The number of halogens is 1. The van der Waals surface area contributed by atoms with E-state index in [0.29, 0.717) is 30.2 Å². The van der Waals surface area contributed by atoms with E-state index in [-0.39, 0.29) is 17.4 Å². The zero-order valence-electron chi connectivity index (χ0n) is 15.8. The van der Waals surface area contributed by atoms with Crippen molar-refractivity contribution in [1.82, 2.24) is 15.1 Å². The minimum absolute atomic E-state index is 0.216. The Kier molecular flexibility index (Phi) is 6.29. The van der Waals surface area contributed by atoms with Crippen LogP contribution in [-0.2, 0) is 13.1 Å². The van der Waals surface area contributed by atoms with Crippen molar-refractivity contribution < 1.29 is 9.18 Å². The molecule has 0 aliphatic heterocycles. The van der Waals surface area contributed by atoms with E-state index in [0.717, 1.165) is 5.56 Å². The van der Waals surface area contributed by atoms with Crippen molar-refractivity contribution in [2.24, 2.45) is 0 Å².